The van der Waals surface area contributed by atoms with E-state index in [1.54, 1.807) is 0 Å². The Morgan fingerprint density at radius 2 is 0.674 bits per heavy atom. The standard InChI is InChI=1S/C38H74O5/c1-2-3-4-5-6-7-8-9-10-11-12-13-14-15-16-17-18-19-20-21-22-23-24-25-26-27-28-29-30-31-32-33-34-37(41)43-38(42)36(40)35-39/h36,39-40H,2-35H2,1H3. The first-order valence-electron chi connectivity index (χ1n) is 19.1. The SMILES string of the molecule is CCCCCCCCCCCCCCCCCCCCCCCCCCCCCCCCCCC(=O)OC(=O)C(O)CO. The Bertz CT molecular complexity index is 579. The van der Waals surface area contributed by atoms with Crippen LogP contribution >= 0.6 is 0 Å². The van der Waals surface area contributed by atoms with Crippen LogP contribution in [0.15, 0.2) is 0 Å². The van der Waals surface area contributed by atoms with Crippen molar-refractivity contribution >= 4 is 11.9 Å². The molecular formula is C38H74O5. The second-order valence-corrected chi connectivity index (χ2v) is 13.2. The Labute approximate surface area is 267 Å². The zero-order valence-electron chi connectivity index (χ0n) is 28.7. The third-order valence-electron chi connectivity index (χ3n) is 8.89. The molecule has 0 bridgehead atoms. The van der Waals surface area contributed by atoms with Gasteiger partial charge in [-0.2, -0.15) is 0 Å². The van der Waals surface area contributed by atoms with E-state index in [1.807, 2.05) is 0 Å². The Balaban J connectivity index is 3.13. The van der Waals surface area contributed by atoms with Crippen LogP contribution in [0.3, 0.4) is 0 Å². The summed E-state index contributed by atoms with van der Waals surface area (Å²) < 4.78 is 4.48. The predicted octanol–water partition coefficient (Wildman–Crippen LogP) is 11.3. The molecule has 5 heteroatoms. The van der Waals surface area contributed by atoms with Crippen molar-refractivity contribution in [2.24, 2.45) is 0 Å². The highest BCUT2D eigenvalue weighted by molar-refractivity contribution is 5.87. The van der Waals surface area contributed by atoms with Gasteiger partial charge in [-0.15, -0.1) is 0 Å². The maximum Gasteiger partial charge on any atom is 0.345 e. The number of aliphatic hydroxyl groups excluding tert-OH is 2. The minimum absolute atomic E-state index is 0.184. The number of esters is 2. The highest BCUT2D eigenvalue weighted by Crippen LogP contribution is 2.17. The second-order valence-electron chi connectivity index (χ2n) is 13.2. The zero-order chi connectivity index (χ0) is 31.5. The van der Waals surface area contributed by atoms with Crippen LogP contribution in [-0.2, 0) is 14.3 Å². The van der Waals surface area contributed by atoms with Crippen LogP contribution < -0.4 is 0 Å². The van der Waals surface area contributed by atoms with Gasteiger partial charge in [-0.05, 0) is 6.42 Å². The van der Waals surface area contributed by atoms with Gasteiger partial charge in [0.2, 0.25) is 0 Å². The van der Waals surface area contributed by atoms with Crippen LogP contribution in [0.2, 0.25) is 0 Å². The minimum Gasteiger partial charge on any atom is -0.393 e. The third-order valence-corrected chi connectivity index (χ3v) is 8.89. The van der Waals surface area contributed by atoms with E-state index >= 15 is 0 Å². The van der Waals surface area contributed by atoms with Crippen LogP contribution in [0.25, 0.3) is 0 Å². The van der Waals surface area contributed by atoms with Gasteiger partial charge in [-0.3, -0.25) is 4.79 Å². The maximum absolute atomic E-state index is 11.5. The van der Waals surface area contributed by atoms with Gasteiger partial charge in [0, 0.05) is 6.42 Å². The fourth-order valence-electron chi connectivity index (χ4n) is 5.95. The van der Waals surface area contributed by atoms with Crippen molar-refractivity contribution in [3.63, 3.8) is 0 Å². The lowest BCUT2D eigenvalue weighted by Gasteiger charge is -2.06. The van der Waals surface area contributed by atoms with Gasteiger partial charge < -0.3 is 14.9 Å². The molecule has 0 aromatic heterocycles. The van der Waals surface area contributed by atoms with Gasteiger partial charge in [0.25, 0.3) is 0 Å². The fraction of sp³-hybridized carbons (Fsp3) is 0.947. The molecule has 0 aliphatic heterocycles. The average Bonchev–Trinajstić information content (AvgIpc) is 3.01. The molecule has 256 valence electrons. The largest absolute Gasteiger partial charge is 0.393 e. The molecule has 1 unspecified atom stereocenters. The van der Waals surface area contributed by atoms with Crippen molar-refractivity contribution in [3.8, 4) is 0 Å². The van der Waals surface area contributed by atoms with E-state index in [1.165, 1.54) is 186 Å². The van der Waals surface area contributed by atoms with E-state index in [0.717, 1.165) is 12.8 Å². The molecule has 0 amide bonds. The van der Waals surface area contributed by atoms with Crippen molar-refractivity contribution in [1.82, 2.24) is 0 Å². The molecular weight excluding hydrogens is 536 g/mol. The van der Waals surface area contributed by atoms with E-state index in [9.17, 15) is 9.59 Å². The molecule has 0 saturated heterocycles. The summed E-state index contributed by atoms with van der Waals surface area (Å²) >= 11 is 0. The van der Waals surface area contributed by atoms with E-state index in [2.05, 4.69) is 11.7 Å². The lowest BCUT2D eigenvalue weighted by molar-refractivity contribution is -0.167. The first kappa shape index (κ1) is 42.1. The van der Waals surface area contributed by atoms with Gasteiger partial charge in [-0.1, -0.05) is 206 Å². The van der Waals surface area contributed by atoms with Gasteiger partial charge in [-0.25, -0.2) is 4.79 Å². The summed E-state index contributed by atoms with van der Waals surface area (Å²) in [5.41, 5.74) is 0. The molecule has 0 fully saturated rings. The third kappa shape index (κ3) is 33.8. The van der Waals surface area contributed by atoms with E-state index in [-0.39, 0.29) is 6.42 Å². The number of ether oxygens (including phenoxy) is 1. The van der Waals surface area contributed by atoms with Gasteiger partial charge in [0.05, 0.1) is 6.61 Å². The summed E-state index contributed by atoms with van der Waals surface area (Å²) in [7, 11) is 0. The van der Waals surface area contributed by atoms with Crippen LogP contribution in [0.4, 0.5) is 0 Å². The van der Waals surface area contributed by atoms with E-state index < -0.39 is 24.6 Å². The number of carbonyl (C=O) groups is 2. The average molecular weight is 611 g/mol. The second kappa shape index (κ2) is 35.5. The summed E-state index contributed by atoms with van der Waals surface area (Å²) in [4.78, 5) is 22.7. The molecule has 0 spiro atoms. The molecule has 0 heterocycles. The van der Waals surface area contributed by atoms with Crippen LogP contribution in [-0.4, -0.2) is 34.9 Å². The van der Waals surface area contributed by atoms with E-state index in [4.69, 9.17) is 10.2 Å². The monoisotopic (exact) mass is 611 g/mol. The smallest absolute Gasteiger partial charge is 0.345 e. The first-order valence-corrected chi connectivity index (χ1v) is 19.1. The van der Waals surface area contributed by atoms with E-state index in [0.29, 0.717) is 6.42 Å². The molecule has 0 aliphatic carbocycles. The van der Waals surface area contributed by atoms with Crippen LogP contribution in [0.5, 0.6) is 0 Å². The summed E-state index contributed by atoms with van der Waals surface area (Å²) in [6, 6.07) is 0. The molecule has 0 rings (SSSR count). The minimum atomic E-state index is -1.63. The predicted molar refractivity (Wildman–Crippen MR) is 182 cm³/mol. The zero-order valence-corrected chi connectivity index (χ0v) is 28.7. The Morgan fingerprint density at radius 1 is 0.442 bits per heavy atom. The molecule has 1 atom stereocenters. The van der Waals surface area contributed by atoms with Crippen molar-refractivity contribution in [1.29, 1.82) is 0 Å². The molecule has 0 aliphatic rings. The molecule has 0 aromatic carbocycles. The highest BCUT2D eigenvalue weighted by Gasteiger charge is 2.18. The van der Waals surface area contributed by atoms with Crippen LogP contribution in [0.1, 0.15) is 219 Å². The Morgan fingerprint density at radius 3 is 0.907 bits per heavy atom. The summed E-state index contributed by atoms with van der Waals surface area (Å²) in [5, 5.41) is 17.7. The van der Waals surface area contributed by atoms with Crippen LogP contribution in [0, 0.1) is 0 Å². The molecule has 43 heavy (non-hydrogen) atoms. The number of aliphatic hydroxyl groups is 2. The number of rotatable bonds is 35. The number of hydrogen-bond acceptors (Lipinski definition) is 5. The quantitative estimate of drug-likeness (QED) is 0.0423. The van der Waals surface area contributed by atoms with Crippen molar-refractivity contribution in [2.45, 2.75) is 225 Å². The molecule has 5 nitrogen and oxygen atoms in total. The van der Waals surface area contributed by atoms with Crippen molar-refractivity contribution < 1.29 is 24.5 Å². The Hall–Kier alpha value is -0.940. The van der Waals surface area contributed by atoms with Crippen molar-refractivity contribution in [2.75, 3.05) is 6.61 Å². The highest BCUT2D eigenvalue weighted by atomic mass is 16.6. The van der Waals surface area contributed by atoms with Gasteiger partial charge in [0.1, 0.15) is 0 Å². The summed E-state index contributed by atoms with van der Waals surface area (Å²) in [6.07, 6.45) is 42.4. The van der Waals surface area contributed by atoms with Gasteiger partial charge >= 0.3 is 11.9 Å². The summed E-state index contributed by atoms with van der Waals surface area (Å²) in [6.45, 7) is 1.57. The van der Waals surface area contributed by atoms with Gasteiger partial charge in [0.15, 0.2) is 6.10 Å². The lowest BCUT2D eigenvalue weighted by atomic mass is 10.0. The number of carbonyl (C=O) groups excluding carboxylic acids is 2. The maximum atomic E-state index is 11.5. The topological polar surface area (TPSA) is 83.8 Å². The molecule has 0 saturated carbocycles. The Kier molecular flexibility index (Phi) is 34.8. The van der Waals surface area contributed by atoms with Crippen molar-refractivity contribution in [3.05, 3.63) is 0 Å². The molecule has 0 radical (unpaired) electrons. The number of hydrogen-bond donors (Lipinski definition) is 2. The molecule has 2 N–H and O–H groups in total. The normalized spacial score (nSPS) is 12.1. The molecule has 0 aromatic rings. The fourth-order valence-corrected chi connectivity index (χ4v) is 5.95. The number of unbranched alkanes of at least 4 members (excludes halogenated alkanes) is 31. The first-order chi connectivity index (χ1) is 21.1. The summed E-state index contributed by atoms with van der Waals surface area (Å²) in [5.74, 6) is -1.69. The lowest BCUT2D eigenvalue weighted by Crippen LogP contribution is -2.28.